The Labute approximate surface area is 146 Å². The molecular formula is C21H19N3O. The maximum Gasteiger partial charge on any atom is 0.107 e. The standard InChI is InChI=1S/C21H19N3O/c25-23-10-2-4-18(13-23)16-3-1-5-19(11-16)24-14-22-20-12-17(15-6-7-15)8-9-21(20)24/h1-5,8-12,14-15,23H,6-7,13H2. The molecule has 25 heavy (non-hydrogen) atoms. The number of hydroxylamine groups is 2. The third kappa shape index (κ3) is 2.69. The van der Waals surface area contributed by atoms with E-state index < -0.39 is 0 Å². The zero-order valence-corrected chi connectivity index (χ0v) is 13.9. The van der Waals surface area contributed by atoms with E-state index in [9.17, 15) is 5.21 Å². The van der Waals surface area contributed by atoms with Gasteiger partial charge in [-0.3, -0.25) is 4.57 Å². The largest absolute Gasteiger partial charge is 0.629 e. The summed E-state index contributed by atoms with van der Waals surface area (Å²) in [6.45, 7) is 0.468. The highest BCUT2D eigenvalue weighted by Gasteiger charge is 2.24. The first-order chi connectivity index (χ1) is 12.3. The Morgan fingerprint density at radius 1 is 1.12 bits per heavy atom. The first kappa shape index (κ1) is 14.6. The number of fused-ring (bicyclic) bond motifs is 1. The quantitative estimate of drug-likeness (QED) is 0.750. The van der Waals surface area contributed by atoms with Gasteiger partial charge in [-0.1, -0.05) is 18.2 Å². The molecule has 4 nitrogen and oxygen atoms in total. The molecular weight excluding hydrogens is 310 g/mol. The van der Waals surface area contributed by atoms with Crippen LogP contribution in [0.5, 0.6) is 0 Å². The predicted octanol–water partition coefficient (Wildman–Crippen LogP) is 3.20. The summed E-state index contributed by atoms with van der Waals surface area (Å²) >= 11 is 0. The van der Waals surface area contributed by atoms with E-state index in [0.29, 0.717) is 6.54 Å². The monoisotopic (exact) mass is 329 g/mol. The number of nitrogens with one attached hydrogen (secondary N) is 1. The highest BCUT2D eigenvalue weighted by atomic mass is 16.5. The molecule has 0 bridgehead atoms. The highest BCUT2D eigenvalue weighted by molar-refractivity contribution is 5.79. The fourth-order valence-corrected chi connectivity index (χ4v) is 3.54. The van der Waals surface area contributed by atoms with Crippen molar-refractivity contribution in [3.8, 4) is 5.69 Å². The summed E-state index contributed by atoms with van der Waals surface area (Å²) in [7, 11) is 0. The fourth-order valence-electron chi connectivity index (χ4n) is 3.54. The molecule has 4 heteroatoms. The molecule has 1 unspecified atom stereocenters. The van der Waals surface area contributed by atoms with Gasteiger partial charge in [-0.2, -0.15) is 0 Å². The molecule has 2 heterocycles. The smallest absolute Gasteiger partial charge is 0.107 e. The second-order valence-corrected chi connectivity index (χ2v) is 6.88. The number of rotatable bonds is 3. The van der Waals surface area contributed by atoms with E-state index in [4.69, 9.17) is 0 Å². The number of benzene rings is 2. The van der Waals surface area contributed by atoms with Gasteiger partial charge in [0.1, 0.15) is 12.9 Å². The second-order valence-electron chi connectivity index (χ2n) is 6.88. The van der Waals surface area contributed by atoms with Gasteiger partial charge in [0.25, 0.3) is 0 Å². The van der Waals surface area contributed by atoms with Crippen molar-refractivity contribution in [2.45, 2.75) is 18.8 Å². The summed E-state index contributed by atoms with van der Waals surface area (Å²) in [6.07, 6.45) is 9.98. The molecule has 0 radical (unpaired) electrons. The molecule has 1 aromatic heterocycles. The summed E-state index contributed by atoms with van der Waals surface area (Å²) < 4.78 is 2.12. The van der Waals surface area contributed by atoms with Crippen LogP contribution in [0, 0.1) is 5.21 Å². The third-order valence-electron chi connectivity index (χ3n) is 5.06. The van der Waals surface area contributed by atoms with Crippen molar-refractivity contribution >= 4 is 16.6 Å². The summed E-state index contributed by atoms with van der Waals surface area (Å²) in [4.78, 5) is 4.60. The lowest BCUT2D eigenvalue weighted by Crippen LogP contribution is -3.02. The molecule has 1 aliphatic carbocycles. The Kier molecular flexibility index (Phi) is 3.33. The van der Waals surface area contributed by atoms with E-state index in [-0.39, 0.29) is 5.06 Å². The molecule has 1 aliphatic heterocycles. The Morgan fingerprint density at radius 3 is 2.88 bits per heavy atom. The molecule has 1 atom stereocenters. The molecule has 1 N–H and O–H groups in total. The zero-order chi connectivity index (χ0) is 16.8. The van der Waals surface area contributed by atoms with Crippen molar-refractivity contribution in [1.82, 2.24) is 9.55 Å². The number of nitrogens with zero attached hydrogens (tertiary/aromatic N) is 2. The Balaban J connectivity index is 1.55. The summed E-state index contributed by atoms with van der Waals surface area (Å²) in [5.74, 6) is 0.738. The van der Waals surface area contributed by atoms with E-state index in [1.165, 1.54) is 18.4 Å². The van der Waals surface area contributed by atoms with Crippen molar-refractivity contribution in [1.29, 1.82) is 0 Å². The molecule has 0 saturated heterocycles. The van der Waals surface area contributed by atoms with Crippen molar-refractivity contribution in [3.05, 3.63) is 83.5 Å². The van der Waals surface area contributed by atoms with Gasteiger partial charge in [0, 0.05) is 11.3 Å². The van der Waals surface area contributed by atoms with Crippen LogP contribution in [0.15, 0.2) is 67.1 Å². The number of imidazole rings is 1. The molecule has 5 rings (SSSR count). The molecule has 1 saturated carbocycles. The first-order valence-electron chi connectivity index (χ1n) is 8.76. The summed E-state index contributed by atoms with van der Waals surface area (Å²) in [5, 5.41) is 11.8. The molecule has 2 aromatic carbocycles. The number of hydrogen-bond acceptors (Lipinski definition) is 2. The van der Waals surface area contributed by atoms with Crippen LogP contribution in [-0.2, 0) is 0 Å². The number of quaternary nitrogens is 1. The van der Waals surface area contributed by atoms with E-state index in [1.54, 1.807) is 6.20 Å². The number of aromatic nitrogens is 2. The minimum absolute atomic E-state index is 0.156. The maximum absolute atomic E-state index is 11.7. The zero-order valence-electron chi connectivity index (χ0n) is 13.9. The van der Waals surface area contributed by atoms with Crippen molar-refractivity contribution in [2.75, 3.05) is 6.54 Å². The van der Waals surface area contributed by atoms with Gasteiger partial charge in [0.15, 0.2) is 0 Å². The van der Waals surface area contributed by atoms with Gasteiger partial charge in [-0.05, 0) is 66.3 Å². The molecule has 3 aromatic rings. The SMILES string of the molecule is [O-][NH+]1C=CC=C(c2cccc(-n3cnc4cc(C5CC5)ccc43)c2)C1. The van der Waals surface area contributed by atoms with Gasteiger partial charge in [-0.25, -0.2) is 4.98 Å². The average Bonchev–Trinajstić information content (AvgIpc) is 3.41. The Morgan fingerprint density at radius 2 is 2.04 bits per heavy atom. The van der Waals surface area contributed by atoms with E-state index in [2.05, 4.69) is 45.9 Å². The van der Waals surface area contributed by atoms with Gasteiger partial charge in [-0.15, -0.1) is 0 Å². The van der Waals surface area contributed by atoms with Crippen LogP contribution in [0.25, 0.3) is 22.3 Å². The minimum atomic E-state index is 0.156. The van der Waals surface area contributed by atoms with Crippen LogP contribution >= 0.6 is 0 Å². The summed E-state index contributed by atoms with van der Waals surface area (Å²) in [6, 6.07) is 14.9. The number of hydrogen-bond donors (Lipinski definition) is 1. The van der Waals surface area contributed by atoms with Crippen molar-refractivity contribution in [2.24, 2.45) is 0 Å². The lowest BCUT2D eigenvalue weighted by atomic mass is 10.0. The molecule has 1 fully saturated rings. The first-order valence-corrected chi connectivity index (χ1v) is 8.76. The van der Waals surface area contributed by atoms with Crippen LogP contribution in [0.1, 0.15) is 29.9 Å². The van der Waals surface area contributed by atoms with Crippen molar-refractivity contribution in [3.63, 3.8) is 0 Å². The van der Waals surface area contributed by atoms with Gasteiger partial charge in [0.05, 0.1) is 17.2 Å². The normalized spacial score (nSPS) is 20.0. The molecule has 0 amide bonds. The van der Waals surface area contributed by atoms with E-state index in [1.807, 2.05) is 24.5 Å². The van der Waals surface area contributed by atoms with Crippen molar-refractivity contribution < 1.29 is 5.06 Å². The van der Waals surface area contributed by atoms with Gasteiger partial charge < -0.3 is 10.3 Å². The molecule has 2 aliphatic rings. The third-order valence-corrected chi connectivity index (χ3v) is 5.06. The van der Waals surface area contributed by atoms with Crippen LogP contribution in [0.3, 0.4) is 0 Å². The topological polar surface area (TPSA) is 45.3 Å². The Hall–Kier alpha value is -2.69. The maximum atomic E-state index is 11.7. The van der Waals surface area contributed by atoms with Crippen LogP contribution in [0.2, 0.25) is 0 Å². The van der Waals surface area contributed by atoms with Crippen LogP contribution < -0.4 is 5.06 Å². The van der Waals surface area contributed by atoms with Crippen LogP contribution in [-0.4, -0.2) is 16.1 Å². The molecule has 124 valence electrons. The van der Waals surface area contributed by atoms with E-state index >= 15 is 0 Å². The van der Waals surface area contributed by atoms with E-state index in [0.717, 1.165) is 33.8 Å². The lowest BCUT2D eigenvalue weighted by molar-refractivity contribution is -0.782. The predicted molar refractivity (Wildman–Crippen MR) is 99.4 cm³/mol. The molecule has 0 spiro atoms. The fraction of sp³-hybridized carbons (Fsp3) is 0.190. The Bertz CT molecular complexity index is 1010. The summed E-state index contributed by atoms with van der Waals surface area (Å²) in [5.41, 5.74) is 6.80. The minimum Gasteiger partial charge on any atom is -0.629 e. The van der Waals surface area contributed by atoms with Gasteiger partial charge in [0.2, 0.25) is 0 Å². The second kappa shape index (κ2) is 5.69. The van der Waals surface area contributed by atoms with Crippen LogP contribution in [0.4, 0.5) is 0 Å². The van der Waals surface area contributed by atoms with Gasteiger partial charge >= 0.3 is 0 Å². The number of allylic oxidation sites excluding steroid dienone is 2. The highest BCUT2D eigenvalue weighted by Crippen LogP contribution is 2.40. The lowest BCUT2D eigenvalue weighted by Gasteiger charge is -2.22. The average molecular weight is 329 g/mol.